The van der Waals surface area contributed by atoms with Gasteiger partial charge in [-0.15, -0.1) is 0 Å². The molecule has 0 aromatic heterocycles. The van der Waals surface area contributed by atoms with Gasteiger partial charge < -0.3 is 55.0 Å². The van der Waals surface area contributed by atoms with Crippen molar-refractivity contribution in [2.24, 2.45) is 5.73 Å². The molecule has 0 aliphatic rings. The Bertz CT molecular complexity index is 1590. The van der Waals surface area contributed by atoms with Crippen LogP contribution in [0.3, 0.4) is 0 Å². The molecule has 14 nitrogen and oxygen atoms in total. The molecular weight excluding hydrogens is 795 g/mol. The van der Waals surface area contributed by atoms with Gasteiger partial charge in [0.15, 0.2) is 11.6 Å². The van der Waals surface area contributed by atoms with E-state index in [1.54, 1.807) is 30.3 Å². The number of carboxylic acids is 1. The number of unbranched alkanes of at least 4 members (excludes halogenated alkanes) is 7. The average molecular weight is 855 g/mol. The summed E-state index contributed by atoms with van der Waals surface area (Å²) >= 11 is 9.28. The largest absolute Gasteiger partial charge is 1.00 e. The van der Waals surface area contributed by atoms with E-state index < -0.39 is 19.4 Å². The van der Waals surface area contributed by atoms with Crippen LogP contribution in [0.25, 0.3) is 0 Å². The van der Waals surface area contributed by atoms with Gasteiger partial charge >= 0.3 is 25.6 Å². The smallest absolute Gasteiger partial charge is 0.780 e. The number of aryl methyl sites for hydroxylation is 2. The minimum atomic E-state index is -3.28. The number of benzene rings is 2. The zero-order chi connectivity index (χ0) is 41.9. The fourth-order valence-corrected chi connectivity index (χ4v) is 6.22. The number of carbonyl (C=O) groups is 4. The fourth-order valence-electron chi connectivity index (χ4n) is 4.85. The van der Waals surface area contributed by atoms with Crippen LogP contribution in [0.5, 0.6) is 0 Å². The third-order valence-corrected chi connectivity index (χ3v) is 11.4. The molecule has 0 fully saturated rings. The van der Waals surface area contributed by atoms with Crippen LogP contribution in [0, 0.1) is 0 Å². The molecule has 0 saturated heterocycles. The van der Waals surface area contributed by atoms with Gasteiger partial charge in [-0.25, -0.2) is 0 Å². The first-order valence-electron chi connectivity index (χ1n) is 18.1. The van der Waals surface area contributed by atoms with E-state index >= 15 is 0 Å². The minimum absolute atomic E-state index is 0. The molecule has 312 valence electrons. The Morgan fingerprint density at radius 1 is 0.696 bits per heavy atom. The molecule has 2 aromatic rings. The third-order valence-electron chi connectivity index (χ3n) is 7.96. The molecule has 19 heteroatoms. The maximum absolute atomic E-state index is 12.0. The number of Topliss-reactive ketones (excluding diaryl/α,β-unsaturated/α-hetero) is 3. The van der Waals surface area contributed by atoms with Crippen LogP contribution in [0.4, 0.5) is 11.4 Å². The number of nitrogens with two attached hydrogens (primary N) is 3. The summed E-state index contributed by atoms with van der Waals surface area (Å²) in [4.78, 5) is 65.2. The van der Waals surface area contributed by atoms with Crippen molar-refractivity contribution < 1.29 is 71.0 Å². The minimum Gasteiger partial charge on any atom is -0.780 e. The van der Waals surface area contributed by atoms with Gasteiger partial charge in [0.05, 0.1) is 13.2 Å². The summed E-state index contributed by atoms with van der Waals surface area (Å²) in [5.74, 6) is -1.01. The monoisotopic (exact) mass is 854 g/mol. The number of ketones is 3. The van der Waals surface area contributed by atoms with E-state index in [0.717, 1.165) is 75.5 Å². The third kappa shape index (κ3) is 28.5. The quantitative estimate of drug-likeness (QED) is 0.0348. The number of hydrogen-bond donors (Lipinski definition) is 4. The summed E-state index contributed by atoms with van der Waals surface area (Å²) in [5, 5.41) is 10.2. The molecule has 7 N–H and O–H groups in total. The number of anilines is 2. The maximum Gasteiger partial charge on any atom is 1.00 e. The van der Waals surface area contributed by atoms with Crippen LogP contribution in [-0.2, 0) is 64.1 Å². The van der Waals surface area contributed by atoms with E-state index in [-0.39, 0.29) is 42.6 Å². The predicted octanol–water partition coefficient (Wildman–Crippen LogP) is 2.10. The van der Waals surface area contributed by atoms with E-state index in [4.69, 9.17) is 26.2 Å². The summed E-state index contributed by atoms with van der Waals surface area (Å²) in [6.07, 6.45) is 10.6. The van der Waals surface area contributed by atoms with E-state index in [1.165, 1.54) is 28.1 Å². The molecule has 0 aliphatic carbocycles. The molecule has 0 radical (unpaired) electrons. The Balaban J connectivity index is 0. The van der Waals surface area contributed by atoms with Gasteiger partial charge in [-0.05, 0) is 113 Å². The average Bonchev–Trinajstić information content (AvgIpc) is 3.12. The number of nitrogen functional groups attached to an aromatic ring is 2. The number of carbonyl (C=O) groups excluding carboxylic acids is 4. The van der Waals surface area contributed by atoms with E-state index in [2.05, 4.69) is 32.7 Å². The zero-order valence-electron chi connectivity index (χ0n) is 33.5. The van der Waals surface area contributed by atoms with Gasteiger partial charge in [0.25, 0.3) is 0 Å². The molecule has 2 aromatic carbocycles. The van der Waals surface area contributed by atoms with Crippen LogP contribution in [-0.4, -0.2) is 62.2 Å². The fraction of sp³-hybridized carbons (Fsp3) is 0.568. The summed E-state index contributed by atoms with van der Waals surface area (Å²) in [6, 6.07) is 10.3. The second-order valence-electron chi connectivity index (χ2n) is 12.5. The van der Waals surface area contributed by atoms with Crippen molar-refractivity contribution >= 4 is 71.7 Å². The summed E-state index contributed by atoms with van der Waals surface area (Å²) in [5.41, 5.74) is 20.4. The summed E-state index contributed by atoms with van der Waals surface area (Å²) < 4.78 is 19.2. The van der Waals surface area contributed by atoms with Crippen molar-refractivity contribution in [1.29, 1.82) is 0 Å². The topological polar surface area (TPSA) is 250 Å². The van der Waals surface area contributed by atoms with Crippen LogP contribution in [0.15, 0.2) is 36.4 Å². The molecule has 2 unspecified atom stereocenters. The number of hydrogen-bond acceptors (Lipinski definition) is 15. The Morgan fingerprint density at radius 3 is 1.57 bits per heavy atom. The molecule has 56 heavy (non-hydrogen) atoms. The van der Waals surface area contributed by atoms with E-state index in [1.807, 2.05) is 6.07 Å². The maximum atomic E-state index is 12.0. The molecule has 0 heterocycles. The van der Waals surface area contributed by atoms with Crippen LogP contribution in [0.1, 0.15) is 123 Å². The van der Waals surface area contributed by atoms with Crippen molar-refractivity contribution in [3.8, 4) is 0 Å². The number of rotatable bonds is 26. The SMILES string of the molecule is CC(=O)c1ccc(CCC(=O)[O-])cc1N.COP(O)(=S)OCCCCCCN.COP([O-])(=S)OCCCCCCCC(=O)CCc1ccc(C(C)=O)c(N)c1.[Li+]. The van der Waals surface area contributed by atoms with Gasteiger partial charge in [-0.3, -0.25) is 14.4 Å². The standard InChI is InChI=1S/C19H30NO5PS.C11H13NO3.C7H18NO3PS.Li/c1-15(21)18-12-10-16(14-19(18)20)9-11-17(22)8-6-4-3-5-7-13-25-26(23,27)24-2;1-7(13)9-4-2-8(6-10(9)12)3-5-11(14)15;1-10-12(9,13)11-7-5-3-2-4-6-8;/h10,12,14H,3-9,11,13,20H2,1-2H3,(H,23,27);2,4,6H,3,5,12H2,1H3,(H,14,15);2-8H2,1H3,(H,9,13);/q;;;+1/p-2. The van der Waals surface area contributed by atoms with Crippen LogP contribution >= 0.6 is 13.4 Å². The van der Waals surface area contributed by atoms with Gasteiger partial charge in [0.2, 0.25) is 0 Å². The Kier molecular flexibility index (Phi) is 32.2. The van der Waals surface area contributed by atoms with Gasteiger partial charge in [-0.1, -0.05) is 56.0 Å². The normalized spacial score (nSPS) is 12.7. The van der Waals surface area contributed by atoms with E-state index in [9.17, 15) is 34.1 Å². The number of carboxylic acid groups (broad SMARTS) is 1. The Morgan fingerprint density at radius 2 is 1.14 bits per heavy atom. The molecule has 0 amide bonds. The molecule has 0 aliphatic heterocycles. The van der Waals surface area contributed by atoms with Crippen molar-refractivity contribution in [2.75, 3.05) is 45.4 Å². The van der Waals surface area contributed by atoms with Crippen molar-refractivity contribution in [2.45, 2.75) is 104 Å². The van der Waals surface area contributed by atoms with Crippen molar-refractivity contribution in [1.82, 2.24) is 0 Å². The van der Waals surface area contributed by atoms with Crippen LogP contribution < -0.4 is 46.1 Å². The summed E-state index contributed by atoms with van der Waals surface area (Å²) in [6.45, 7) is -1.75. The molecule has 2 rings (SSSR count). The van der Waals surface area contributed by atoms with Gasteiger partial charge in [-0.2, -0.15) is 0 Å². The van der Waals surface area contributed by atoms with Gasteiger partial charge in [0.1, 0.15) is 12.5 Å². The first kappa shape index (κ1) is 56.2. The van der Waals surface area contributed by atoms with Crippen molar-refractivity contribution in [3.63, 3.8) is 0 Å². The van der Waals surface area contributed by atoms with E-state index in [0.29, 0.717) is 61.4 Å². The molecule has 0 spiro atoms. The molecule has 0 bridgehead atoms. The second-order valence-corrected chi connectivity index (χ2v) is 18.3. The predicted molar refractivity (Wildman–Crippen MR) is 220 cm³/mol. The second kappa shape index (κ2) is 32.0. The molecule has 0 saturated carbocycles. The van der Waals surface area contributed by atoms with Gasteiger partial charge in [0, 0.05) is 55.5 Å². The first-order chi connectivity index (χ1) is 25.9. The molecule has 2 atom stereocenters. The van der Waals surface area contributed by atoms with Crippen molar-refractivity contribution in [3.05, 3.63) is 58.7 Å². The van der Waals surface area contributed by atoms with Crippen LogP contribution in [0.2, 0.25) is 0 Å². The first-order valence-corrected chi connectivity index (χ1v) is 23.3. The summed E-state index contributed by atoms with van der Waals surface area (Å²) in [7, 11) is 2.64. The Hall–Kier alpha value is -1.86. The zero-order valence-corrected chi connectivity index (χ0v) is 36.9. The molecular formula is C37H59LiN3O11P2S2-. The number of aliphatic carboxylic acids is 1. The Labute approximate surface area is 354 Å².